The van der Waals surface area contributed by atoms with E-state index in [0.29, 0.717) is 24.7 Å². The molecule has 0 bridgehead atoms. The lowest BCUT2D eigenvalue weighted by Crippen LogP contribution is -2.41. The summed E-state index contributed by atoms with van der Waals surface area (Å²) in [4.78, 5) is 26.6. The molecule has 1 unspecified atom stereocenters. The molecule has 4 heteroatoms. The SMILES string of the molecule is O=C(CCC(=O)N1CCCC(COCc2ccccc2)C1)c1ccccc1. The molecule has 2 aromatic rings. The molecule has 0 aromatic heterocycles. The maximum atomic E-state index is 12.5. The number of rotatable bonds is 8. The molecular weight excluding hydrogens is 338 g/mol. The third-order valence-corrected chi connectivity index (χ3v) is 5.00. The fourth-order valence-electron chi connectivity index (χ4n) is 3.49. The van der Waals surface area contributed by atoms with Crippen molar-refractivity contribution in [3.05, 3.63) is 71.8 Å². The number of hydrogen-bond donors (Lipinski definition) is 0. The molecule has 1 amide bonds. The van der Waals surface area contributed by atoms with Crippen molar-refractivity contribution in [2.45, 2.75) is 32.3 Å². The van der Waals surface area contributed by atoms with Crippen molar-refractivity contribution in [3.63, 3.8) is 0 Å². The molecule has 2 aromatic carbocycles. The van der Waals surface area contributed by atoms with Crippen LogP contribution in [0.15, 0.2) is 60.7 Å². The monoisotopic (exact) mass is 365 g/mol. The number of carbonyl (C=O) groups is 2. The fourth-order valence-corrected chi connectivity index (χ4v) is 3.49. The van der Waals surface area contributed by atoms with E-state index in [-0.39, 0.29) is 24.5 Å². The van der Waals surface area contributed by atoms with Crippen molar-refractivity contribution < 1.29 is 14.3 Å². The summed E-state index contributed by atoms with van der Waals surface area (Å²) in [6.07, 6.45) is 2.64. The molecule has 0 N–H and O–H groups in total. The van der Waals surface area contributed by atoms with E-state index < -0.39 is 0 Å². The molecule has 27 heavy (non-hydrogen) atoms. The number of likely N-dealkylation sites (tertiary alicyclic amines) is 1. The summed E-state index contributed by atoms with van der Waals surface area (Å²) in [5.41, 5.74) is 1.84. The number of ketones is 1. The van der Waals surface area contributed by atoms with Crippen molar-refractivity contribution >= 4 is 11.7 Å². The third-order valence-electron chi connectivity index (χ3n) is 5.00. The summed E-state index contributed by atoms with van der Waals surface area (Å²) in [5.74, 6) is 0.479. The summed E-state index contributed by atoms with van der Waals surface area (Å²) in [6, 6.07) is 19.3. The van der Waals surface area contributed by atoms with Gasteiger partial charge in [0.05, 0.1) is 13.2 Å². The first kappa shape index (κ1) is 19.3. The van der Waals surface area contributed by atoms with Gasteiger partial charge in [0, 0.05) is 31.5 Å². The molecule has 1 atom stereocenters. The molecule has 0 radical (unpaired) electrons. The molecule has 142 valence electrons. The molecule has 3 rings (SSSR count). The van der Waals surface area contributed by atoms with Crippen molar-refractivity contribution in [1.82, 2.24) is 4.90 Å². The van der Waals surface area contributed by atoms with Gasteiger partial charge in [0.15, 0.2) is 5.78 Å². The number of amides is 1. The van der Waals surface area contributed by atoms with Crippen molar-refractivity contribution in [2.75, 3.05) is 19.7 Å². The summed E-state index contributed by atoms with van der Waals surface area (Å²) >= 11 is 0. The van der Waals surface area contributed by atoms with E-state index >= 15 is 0 Å². The van der Waals surface area contributed by atoms with Gasteiger partial charge in [-0.3, -0.25) is 9.59 Å². The first-order valence-corrected chi connectivity index (χ1v) is 9.70. The number of benzene rings is 2. The Hall–Kier alpha value is -2.46. The summed E-state index contributed by atoms with van der Waals surface area (Å²) in [6.45, 7) is 2.79. The third kappa shape index (κ3) is 6.04. The first-order valence-electron chi connectivity index (χ1n) is 9.70. The molecule has 0 aliphatic carbocycles. The maximum absolute atomic E-state index is 12.5. The van der Waals surface area contributed by atoms with Crippen molar-refractivity contribution in [1.29, 1.82) is 0 Å². The van der Waals surface area contributed by atoms with Gasteiger partial charge in [-0.25, -0.2) is 0 Å². The zero-order valence-electron chi connectivity index (χ0n) is 15.7. The molecule has 1 heterocycles. The Morgan fingerprint density at radius 3 is 2.41 bits per heavy atom. The lowest BCUT2D eigenvalue weighted by molar-refractivity contribution is -0.133. The minimum Gasteiger partial charge on any atom is -0.376 e. The highest BCUT2D eigenvalue weighted by Gasteiger charge is 2.24. The normalized spacial score (nSPS) is 16.9. The van der Waals surface area contributed by atoms with Gasteiger partial charge in [-0.05, 0) is 24.3 Å². The van der Waals surface area contributed by atoms with Gasteiger partial charge in [-0.15, -0.1) is 0 Å². The Bertz CT molecular complexity index is 730. The second-order valence-electron chi connectivity index (χ2n) is 7.14. The quantitative estimate of drug-likeness (QED) is 0.662. The van der Waals surface area contributed by atoms with E-state index in [1.165, 1.54) is 5.56 Å². The second kappa shape index (κ2) is 10.0. The van der Waals surface area contributed by atoms with Gasteiger partial charge in [0.25, 0.3) is 0 Å². The maximum Gasteiger partial charge on any atom is 0.223 e. The Morgan fingerprint density at radius 2 is 1.67 bits per heavy atom. The molecule has 4 nitrogen and oxygen atoms in total. The highest BCUT2D eigenvalue weighted by molar-refractivity contribution is 5.97. The predicted molar refractivity (Wildman–Crippen MR) is 105 cm³/mol. The van der Waals surface area contributed by atoms with Crippen LogP contribution in [0.25, 0.3) is 0 Å². The Kier molecular flexibility index (Phi) is 7.17. The summed E-state index contributed by atoms with van der Waals surface area (Å²) < 4.78 is 5.85. The number of nitrogens with zero attached hydrogens (tertiary/aromatic N) is 1. The molecule has 0 spiro atoms. The van der Waals surface area contributed by atoms with Crippen LogP contribution in [0.5, 0.6) is 0 Å². The van der Waals surface area contributed by atoms with E-state index in [1.807, 2.05) is 41.3 Å². The fraction of sp³-hybridized carbons (Fsp3) is 0.391. The van der Waals surface area contributed by atoms with E-state index in [9.17, 15) is 9.59 Å². The van der Waals surface area contributed by atoms with E-state index in [1.54, 1.807) is 12.1 Å². The zero-order valence-corrected chi connectivity index (χ0v) is 15.7. The first-order chi connectivity index (χ1) is 13.2. The van der Waals surface area contributed by atoms with Gasteiger partial charge in [-0.2, -0.15) is 0 Å². The molecular formula is C23H27NO3. The summed E-state index contributed by atoms with van der Waals surface area (Å²) in [5, 5.41) is 0. The average molecular weight is 365 g/mol. The highest BCUT2D eigenvalue weighted by Crippen LogP contribution is 2.19. The molecule has 1 saturated heterocycles. The van der Waals surface area contributed by atoms with Crippen LogP contribution in [-0.2, 0) is 16.1 Å². The van der Waals surface area contributed by atoms with Crippen LogP contribution in [0, 0.1) is 5.92 Å². The Labute approximate surface area is 161 Å². The van der Waals surface area contributed by atoms with Crippen molar-refractivity contribution in [2.24, 2.45) is 5.92 Å². The van der Waals surface area contributed by atoms with Crippen LogP contribution in [0.4, 0.5) is 0 Å². The van der Waals surface area contributed by atoms with Gasteiger partial charge in [-0.1, -0.05) is 60.7 Å². The smallest absolute Gasteiger partial charge is 0.223 e. The number of ether oxygens (including phenoxy) is 1. The van der Waals surface area contributed by atoms with Crippen LogP contribution in [0.1, 0.15) is 41.6 Å². The number of Topliss-reactive ketones (excluding diaryl/α,β-unsaturated/α-hetero) is 1. The van der Waals surface area contributed by atoms with Crippen LogP contribution in [0.2, 0.25) is 0 Å². The average Bonchev–Trinajstić information content (AvgIpc) is 2.73. The van der Waals surface area contributed by atoms with Crippen LogP contribution >= 0.6 is 0 Å². The zero-order chi connectivity index (χ0) is 18.9. The standard InChI is InChI=1S/C23H27NO3/c25-22(21-11-5-2-6-12-21)13-14-23(26)24-15-7-10-20(16-24)18-27-17-19-8-3-1-4-9-19/h1-6,8-9,11-12,20H,7,10,13-18H2. The van der Waals surface area contributed by atoms with Gasteiger partial charge < -0.3 is 9.64 Å². The minimum absolute atomic E-state index is 0.0312. The molecule has 0 saturated carbocycles. The van der Waals surface area contributed by atoms with Gasteiger partial charge in [0.2, 0.25) is 5.91 Å². The van der Waals surface area contributed by atoms with Crippen LogP contribution < -0.4 is 0 Å². The Balaban J connectivity index is 1.40. The Morgan fingerprint density at radius 1 is 0.963 bits per heavy atom. The summed E-state index contributed by atoms with van der Waals surface area (Å²) in [7, 11) is 0. The number of carbonyl (C=O) groups excluding carboxylic acids is 2. The van der Waals surface area contributed by atoms with E-state index in [2.05, 4.69) is 12.1 Å². The number of hydrogen-bond acceptors (Lipinski definition) is 3. The van der Waals surface area contributed by atoms with E-state index in [4.69, 9.17) is 4.74 Å². The van der Waals surface area contributed by atoms with Gasteiger partial charge >= 0.3 is 0 Å². The topological polar surface area (TPSA) is 46.6 Å². The second-order valence-corrected chi connectivity index (χ2v) is 7.14. The van der Waals surface area contributed by atoms with Crippen LogP contribution in [0.3, 0.4) is 0 Å². The number of piperidine rings is 1. The largest absolute Gasteiger partial charge is 0.376 e. The van der Waals surface area contributed by atoms with Gasteiger partial charge in [0.1, 0.15) is 0 Å². The van der Waals surface area contributed by atoms with Crippen LogP contribution in [-0.4, -0.2) is 36.3 Å². The predicted octanol–water partition coefficient (Wildman–Crippen LogP) is 4.10. The molecule has 1 fully saturated rings. The highest BCUT2D eigenvalue weighted by atomic mass is 16.5. The lowest BCUT2D eigenvalue weighted by Gasteiger charge is -2.32. The van der Waals surface area contributed by atoms with Crippen molar-refractivity contribution in [3.8, 4) is 0 Å². The minimum atomic E-state index is 0.0312. The molecule has 1 aliphatic heterocycles. The molecule has 1 aliphatic rings. The lowest BCUT2D eigenvalue weighted by atomic mass is 9.98. The van der Waals surface area contributed by atoms with E-state index in [0.717, 1.165) is 25.9 Å².